The molecule has 0 saturated heterocycles. The van der Waals surface area contributed by atoms with E-state index in [1.807, 2.05) is 13.8 Å². The zero-order valence-electron chi connectivity index (χ0n) is 19.2. The summed E-state index contributed by atoms with van der Waals surface area (Å²) in [5.41, 5.74) is 0.941. The van der Waals surface area contributed by atoms with Gasteiger partial charge in [0.25, 0.3) is 0 Å². The van der Waals surface area contributed by atoms with Gasteiger partial charge >= 0.3 is 12.1 Å². The third-order valence-electron chi connectivity index (χ3n) is 4.99. The number of nitrogens with one attached hydrogen (secondary N) is 1. The van der Waals surface area contributed by atoms with Crippen LogP contribution in [0.15, 0.2) is 41.4 Å². The Hall–Kier alpha value is -3.74. The maximum Gasteiger partial charge on any atom is 0.416 e. The number of rotatable bonds is 9. The van der Waals surface area contributed by atoms with Gasteiger partial charge in [0, 0.05) is 25.2 Å². The number of hydrogen-bond donors (Lipinski definition) is 2. The molecule has 10 heteroatoms. The number of carboxylic acids is 1. The van der Waals surface area contributed by atoms with Gasteiger partial charge in [-0.2, -0.15) is 18.4 Å². The number of methoxy groups -OCH3 is 1. The molecular weight excluding hydrogens is 449 g/mol. The zero-order valence-corrected chi connectivity index (χ0v) is 19.2. The van der Waals surface area contributed by atoms with E-state index in [-0.39, 0.29) is 18.9 Å². The van der Waals surface area contributed by atoms with Crippen LogP contribution < -0.4 is 10.1 Å². The van der Waals surface area contributed by atoms with Crippen LogP contribution in [0.5, 0.6) is 5.75 Å². The molecule has 0 bridgehead atoms. The minimum atomic E-state index is -4.55. The Labute approximate surface area is 196 Å². The van der Waals surface area contributed by atoms with Crippen LogP contribution in [0.4, 0.5) is 13.2 Å². The highest BCUT2D eigenvalue weighted by atomic mass is 19.4. The summed E-state index contributed by atoms with van der Waals surface area (Å²) < 4.78 is 46.1. The van der Waals surface area contributed by atoms with Gasteiger partial charge in [0.15, 0.2) is 0 Å². The third-order valence-corrected chi connectivity index (χ3v) is 4.99. The minimum absolute atomic E-state index is 0.0346. The summed E-state index contributed by atoms with van der Waals surface area (Å²) in [7, 11) is 1.44. The quantitative estimate of drug-likeness (QED) is 0.310. The lowest BCUT2D eigenvalue weighted by molar-refractivity contribution is -0.138. The predicted octanol–water partition coefficient (Wildman–Crippen LogP) is 4.67. The number of aliphatic carboxylic acids is 1. The smallest absolute Gasteiger partial charge is 0.416 e. The van der Waals surface area contributed by atoms with Gasteiger partial charge in [-0.25, -0.2) is 0 Å². The Kier molecular flexibility index (Phi) is 9.30. The summed E-state index contributed by atoms with van der Waals surface area (Å²) in [6.45, 7) is 4.69. The SMILES string of the molecule is CCCN(Cc1cc(C(F)(F)F)ccc1-c1cc(CC(=O)O)ccc1OC)C(=NC#N)NCC. The number of carbonyl (C=O) groups is 1. The van der Waals surface area contributed by atoms with Crippen LogP contribution >= 0.6 is 0 Å². The molecule has 0 saturated carbocycles. The van der Waals surface area contributed by atoms with Crippen molar-refractivity contribution in [2.45, 2.75) is 39.4 Å². The lowest BCUT2D eigenvalue weighted by Crippen LogP contribution is -2.41. The maximum atomic E-state index is 13.6. The molecule has 2 N–H and O–H groups in total. The van der Waals surface area contributed by atoms with Gasteiger partial charge in [0.2, 0.25) is 12.2 Å². The molecule has 2 aromatic rings. The predicted molar refractivity (Wildman–Crippen MR) is 122 cm³/mol. The van der Waals surface area contributed by atoms with E-state index in [0.29, 0.717) is 47.5 Å². The van der Waals surface area contributed by atoms with Gasteiger partial charge in [0.1, 0.15) is 5.75 Å². The number of ether oxygens (including phenoxy) is 1. The second-order valence-electron chi connectivity index (χ2n) is 7.46. The molecule has 34 heavy (non-hydrogen) atoms. The first-order valence-corrected chi connectivity index (χ1v) is 10.7. The van der Waals surface area contributed by atoms with E-state index in [2.05, 4.69) is 10.3 Å². The topological polar surface area (TPSA) is 98.0 Å². The van der Waals surface area contributed by atoms with Gasteiger partial charge in [-0.05, 0) is 54.3 Å². The second kappa shape index (κ2) is 11.9. The summed E-state index contributed by atoms with van der Waals surface area (Å²) in [6, 6.07) is 8.22. The summed E-state index contributed by atoms with van der Waals surface area (Å²) in [5, 5.41) is 21.2. The molecular formula is C24H27F3N4O3. The van der Waals surface area contributed by atoms with Crippen LogP contribution in [-0.4, -0.2) is 42.1 Å². The lowest BCUT2D eigenvalue weighted by atomic mass is 9.94. The standard InChI is InChI=1S/C24H27F3N4O3/c1-4-10-31(23(29-5-2)30-15-28)14-17-13-18(24(25,26)27)7-8-19(17)20-11-16(12-22(32)33)6-9-21(20)34-3/h6-9,11,13H,4-5,10,12,14H2,1-3H3,(H,29,30)(H,32,33). The number of alkyl halides is 3. The fourth-order valence-corrected chi connectivity index (χ4v) is 3.58. The first-order chi connectivity index (χ1) is 16.1. The van der Waals surface area contributed by atoms with E-state index in [9.17, 15) is 18.0 Å². The van der Waals surface area contributed by atoms with Crippen LogP contribution in [-0.2, 0) is 23.9 Å². The van der Waals surface area contributed by atoms with Gasteiger partial charge in [-0.3, -0.25) is 4.79 Å². The summed E-state index contributed by atoms with van der Waals surface area (Å²) in [5.74, 6) is -0.363. The molecule has 2 rings (SSSR count). The molecule has 0 unspecified atom stereocenters. The molecule has 0 aromatic heterocycles. The number of nitrogens with zero attached hydrogens (tertiary/aromatic N) is 3. The number of hydrogen-bond acceptors (Lipinski definition) is 4. The van der Waals surface area contributed by atoms with Crippen LogP contribution in [0, 0.1) is 11.5 Å². The van der Waals surface area contributed by atoms with E-state index in [4.69, 9.17) is 15.1 Å². The minimum Gasteiger partial charge on any atom is -0.496 e. The van der Waals surface area contributed by atoms with Crippen LogP contribution in [0.1, 0.15) is 37.0 Å². The third kappa shape index (κ3) is 6.88. The van der Waals surface area contributed by atoms with Crippen molar-refractivity contribution in [1.29, 1.82) is 5.26 Å². The summed E-state index contributed by atoms with van der Waals surface area (Å²) in [4.78, 5) is 16.7. The van der Waals surface area contributed by atoms with Crippen molar-refractivity contribution in [3.63, 3.8) is 0 Å². The number of nitriles is 1. The molecule has 0 radical (unpaired) electrons. The van der Waals surface area contributed by atoms with E-state index >= 15 is 0 Å². The monoisotopic (exact) mass is 476 g/mol. The molecule has 0 heterocycles. The van der Waals surface area contributed by atoms with Crippen LogP contribution in [0.2, 0.25) is 0 Å². The molecule has 0 aliphatic rings. The first-order valence-electron chi connectivity index (χ1n) is 10.7. The number of halogens is 3. The van der Waals surface area contributed by atoms with Crippen LogP contribution in [0.3, 0.4) is 0 Å². The van der Waals surface area contributed by atoms with Gasteiger partial charge in [-0.1, -0.05) is 19.1 Å². The molecule has 0 aliphatic heterocycles. The van der Waals surface area contributed by atoms with E-state index < -0.39 is 17.7 Å². The number of benzene rings is 2. The van der Waals surface area contributed by atoms with Crippen molar-refractivity contribution in [3.8, 4) is 23.1 Å². The van der Waals surface area contributed by atoms with Crippen molar-refractivity contribution < 1.29 is 27.8 Å². The highest BCUT2D eigenvalue weighted by molar-refractivity contribution is 5.82. The fraction of sp³-hybridized carbons (Fsp3) is 0.375. The van der Waals surface area contributed by atoms with E-state index in [0.717, 1.165) is 12.1 Å². The Bertz CT molecular complexity index is 1080. The average molecular weight is 476 g/mol. The maximum absolute atomic E-state index is 13.6. The highest BCUT2D eigenvalue weighted by Crippen LogP contribution is 2.38. The normalized spacial score (nSPS) is 11.6. The van der Waals surface area contributed by atoms with Crippen LogP contribution in [0.25, 0.3) is 11.1 Å². The van der Waals surface area contributed by atoms with Gasteiger partial charge in [0.05, 0.1) is 19.1 Å². The Morgan fingerprint density at radius 1 is 1.21 bits per heavy atom. The van der Waals surface area contributed by atoms with Crippen molar-refractivity contribution in [2.24, 2.45) is 4.99 Å². The molecule has 0 spiro atoms. The van der Waals surface area contributed by atoms with E-state index in [1.54, 1.807) is 29.3 Å². The number of guanidine groups is 1. The Morgan fingerprint density at radius 3 is 2.50 bits per heavy atom. The molecule has 0 fully saturated rings. The average Bonchev–Trinajstić information content (AvgIpc) is 2.77. The summed E-state index contributed by atoms with van der Waals surface area (Å²) >= 11 is 0. The first kappa shape index (κ1) is 26.5. The molecule has 0 amide bonds. The molecule has 2 aromatic carbocycles. The fourth-order valence-electron chi connectivity index (χ4n) is 3.58. The second-order valence-corrected chi connectivity index (χ2v) is 7.46. The van der Waals surface area contributed by atoms with Gasteiger partial charge < -0.3 is 20.1 Å². The van der Waals surface area contributed by atoms with Gasteiger partial charge in [-0.15, -0.1) is 4.99 Å². The largest absolute Gasteiger partial charge is 0.496 e. The molecule has 0 aliphatic carbocycles. The zero-order chi connectivity index (χ0) is 25.3. The molecule has 7 nitrogen and oxygen atoms in total. The van der Waals surface area contributed by atoms with Crippen molar-refractivity contribution in [1.82, 2.24) is 10.2 Å². The summed E-state index contributed by atoms with van der Waals surface area (Å²) in [6.07, 6.45) is -2.39. The number of carboxylic acid groups (broad SMARTS) is 1. The number of aliphatic imine (C=N–C) groups is 1. The lowest BCUT2D eigenvalue weighted by Gasteiger charge is -2.27. The van der Waals surface area contributed by atoms with E-state index in [1.165, 1.54) is 13.2 Å². The van der Waals surface area contributed by atoms with Crippen molar-refractivity contribution in [2.75, 3.05) is 20.2 Å². The molecule has 0 atom stereocenters. The van der Waals surface area contributed by atoms with Crippen molar-refractivity contribution >= 4 is 11.9 Å². The molecule has 182 valence electrons. The Morgan fingerprint density at radius 2 is 1.94 bits per heavy atom. The van der Waals surface area contributed by atoms with Crippen molar-refractivity contribution in [3.05, 3.63) is 53.1 Å². The highest BCUT2D eigenvalue weighted by Gasteiger charge is 2.31. The Balaban J connectivity index is 2.70.